The molecule has 0 bridgehead atoms. The van der Waals surface area contributed by atoms with E-state index in [1.807, 2.05) is 0 Å². The van der Waals surface area contributed by atoms with Crippen LogP contribution in [0.3, 0.4) is 0 Å². The molecule has 1 heterocycles. The van der Waals surface area contributed by atoms with Crippen LogP contribution in [0.25, 0.3) is 0 Å². The molecule has 0 aromatic heterocycles. The molecule has 0 aromatic carbocycles. The van der Waals surface area contributed by atoms with Crippen LogP contribution in [0.2, 0.25) is 0 Å². The van der Waals surface area contributed by atoms with E-state index < -0.39 is 0 Å². The molecule has 0 spiro atoms. The van der Waals surface area contributed by atoms with Crippen LogP contribution in [0.1, 0.15) is 20.3 Å². The largest absolute Gasteiger partial charge is 0.330 e. The summed E-state index contributed by atoms with van der Waals surface area (Å²) in [7, 11) is 0. The Morgan fingerprint density at radius 2 is 2.25 bits per heavy atom. The maximum Gasteiger partial charge on any atom is 0.0193 e. The Hall–Kier alpha value is -0.120. The Labute approximate surface area is 75.3 Å². The first-order valence-corrected chi connectivity index (χ1v) is 4.91. The molecule has 0 aliphatic carbocycles. The second kappa shape index (κ2) is 4.80. The van der Waals surface area contributed by atoms with E-state index in [0.29, 0.717) is 12.1 Å². The Kier molecular flexibility index (Phi) is 3.98. The lowest BCUT2D eigenvalue weighted by molar-refractivity contribution is 0.146. The fourth-order valence-electron chi connectivity index (χ4n) is 1.70. The number of hydrogen-bond acceptors (Lipinski definition) is 3. The summed E-state index contributed by atoms with van der Waals surface area (Å²) in [5.74, 6) is 0. The third-order valence-corrected chi connectivity index (χ3v) is 2.54. The summed E-state index contributed by atoms with van der Waals surface area (Å²) in [6.07, 6.45) is 1.12. The van der Waals surface area contributed by atoms with Gasteiger partial charge in [-0.3, -0.25) is 4.90 Å². The SMILES string of the molecule is CC1CN(CCCN)C(C)CN1. The van der Waals surface area contributed by atoms with Gasteiger partial charge < -0.3 is 11.1 Å². The molecule has 3 heteroatoms. The van der Waals surface area contributed by atoms with Crippen LogP contribution in [-0.2, 0) is 0 Å². The van der Waals surface area contributed by atoms with Gasteiger partial charge in [0.15, 0.2) is 0 Å². The van der Waals surface area contributed by atoms with E-state index in [9.17, 15) is 0 Å². The lowest BCUT2D eigenvalue weighted by Crippen LogP contribution is -2.54. The number of piperazine rings is 1. The first-order chi connectivity index (χ1) is 5.74. The maximum absolute atomic E-state index is 5.48. The molecule has 3 nitrogen and oxygen atoms in total. The molecule has 1 saturated heterocycles. The third kappa shape index (κ3) is 2.73. The lowest BCUT2D eigenvalue weighted by Gasteiger charge is -2.37. The van der Waals surface area contributed by atoms with Gasteiger partial charge >= 0.3 is 0 Å². The zero-order valence-corrected chi connectivity index (χ0v) is 8.21. The number of nitrogens with zero attached hydrogens (tertiary/aromatic N) is 1. The van der Waals surface area contributed by atoms with E-state index >= 15 is 0 Å². The number of nitrogens with two attached hydrogens (primary N) is 1. The minimum absolute atomic E-state index is 0.638. The van der Waals surface area contributed by atoms with Crippen LogP contribution in [-0.4, -0.2) is 43.2 Å². The summed E-state index contributed by atoms with van der Waals surface area (Å²) < 4.78 is 0. The van der Waals surface area contributed by atoms with Crippen molar-refractivity contribution in [3.05, 3.63) is 0 Å². The first kappa shape index (κ1) is 9.96. The van der Waals surface area contributed by atoms with Gasteiger partial charge in [-0.15, -0.1) is 0 Å². The molecule has 1 rings (SSSR count). The van der Waals surface area contributed by atoms with Crippen molar-refractivity contribution in [3.8, 4) is 0 Å². The molecule has 2 atom stereocenters. The van der Waals surface area contributed by atoms with Crippen LogP contribution in [0, 0.1) is 0 Å². The van der Waals surface area contributed by atoms with Crippen molar-refractivity contribution >= 4 is 0 Å². The molecule has 2 unspecified atom stereocenters. The molecule has 1 aliphatic heterocycles. The summed E-state index contributed by atoms with van der Waals surface area (Å²) in [6, 6.07) is 1.31. The highest BCUT2D eigenvalue weighted by Crippen LogP contribution is 2.06. The first-order valence-electron chi connectivity index (χ1n) is 4.91. The van der Waals surface area contributed by atoms with Gasteiger partial charge in [-0.05, 0) is 33.4 Å². The summed E-state index contributed by atoms with van der Waals surface area (Å²) in [6.45, 7) is 8.76. The summed E-state index contributed by atoms with van der Waals surface area (Å²) in [5, 5.41) is 3.47. The van der Waals surface area contributed by atoms with Crippen molar-refractivity contribution in [1.29, 1.82) is 0 Å². The van der Waals surface area contributed by atoms with E-state index in [1.165, 1.54) is 6.54 Å². The Morgan fingerprint density at radius 1 is 1.50 bits per heavy atom. The molecule has 3 N–H and O–H groups in total. The molecule has 0 aromatic rings. The average Bonchev–Trinajstić information content (AvgIpc) is 2.07. The van der Waals surface area contributed by atoms with Crippen molar-refractivity contribution in [2.75, 3.05) is 26.2 Å². The second-order valence-electron chi connectivity index (χ2n) is 3.80. The molecular weight excluding hydrogens is 150 g/mol. The van der Waals surface area contributed by atoms with Gasteiger partial charge in [-0.2, -0.15) is 0 Å². The maximum atomic E-state index is 5.48. The second-order valence-corrected chi connectivity index (χ2v) is 3.80. The van der Waals surface area contributed by atoms with Gasteiger partial charge in [-0.1, -0.05) is 0 Å². The lowest BCUT2D eigenvalue weighted by atomic mass is 10.1. The molecule has 1 fully saturated rings. The smallest absolute Gasteiger partial charge is 0.0193 e. The minimum atomic E-state index is 0.638. The van der Waals surface area contributed by atoms with Crippen LogP contribution < -0.4 is 11.1 Å². The van der Waals surface area contributed by atoms with Gasteiger partial charge in [0.1, 0.15) is 0 Å². The van der Waals surface area contributed by atoms with Crippen LogP contribution in [0.4, 0.5) is 0 Å². The highest BCUT2D eigenvalue weighted by atomic mass is 15.2. The van der Waals surface area contributed by atoms with Crippen molar-refractivity contribution in [1.82, 2.24) is 10.2 Å². The van der Waals surface area contributed by atoms with Gasteiger partial charge in [0.25, 0.3) is 0 Å². The molecule has 1 aliphatic rings. The fourth-order valence-corrected chi connectivity index (χ4v) is 1.70. The van der Waals surface area contributed by atoms with Gasteiger partial charge in [0.05, 0.1) is 0 Å². The molecule has 0 amide bonds. The molecular formula is C9H21N3. The van der Waals surface area contributed by atoms with Gasteiger partial charge in [0.2, 0.25) is 0 Å². The van der Waals surface area contributed by atoms with E-state index in [4.69, 9.17) is 5.73 Å². The van der Waals surface area contributed by atoms with E-state index in [2.05, 4.69) is 24.1 Å². The molecule has 12 heavy (non-hydrogen) atoms. The average molecular weight is 171 g/mol. The Morgan fingerprint density at radius 3 is 2.92 bits per heavy atom. The Bertz CT molecular complexity index is 127. The summed E-state index contributed by atoms with van der Waals surface area (Å²) >= 11 is 0. The normalized spacial score (nSPS) is 32.2. The molecule has 0 saturated carbocycles. The van der Waals surface area contributed by atoms with Crippen molar-refractivity contribution in [2.45, 2.75) is 32.4 Å². The highest BCUT2D eigenvalue weighted by molar-refractivity contribution is 4.80. The van der Waals surface area contributed by atoms with E-state index in [1.54, 1.807) is 0 Å². The molecule has 0 radical (unpaired) electrons. The summed E-state index contributed by atoms with van der Waals surface area (Å²) in [5.41, 5.74) is 5.48. The molecule has 72 valence electrons. The standard InChI is InChI=1S/C9H21N3/c1-8-7-12(5-3-4-10)9(2)6-11-8/h8-9,11H,3-7,10H2,1-2H3. The van der Waals surface area contributed by atoms with E-state index in [-0.39, 0.29) is 0 Å². The van der Waals surface area contributed by atoms with Crippen LogP contribution in [0.5, 0.6) is 0 Å². The van der Waals surface area contributed by atoms with Gasteiger partial charge in [0, 0.05) is 25.2 Å². The van der Waals surface area contributed by atoms with E-state index in [0.717, 1.165) is 26.1 Å². The monoisotopic (exact) mass is 171 g/mol. The zero-order chi connectivity index (χ0) is 8.97. The van der Waals surface area contributed by atoms with Crippen LogP contribution in [0.15, 0.2) is 0 Å². The summed E-state index contributed by atoms with van der Waals surface area (Å²) in [4.78, 5) is 2.52. The fraction of sp³-hybridized carbons (Fsp3) is 1.00. The topological polar surface area (TPSA) is 41.3 Å². The Balaban J connectivity index is 2.28. The predicted molar refractivity (Wildman–Crippen MR) is 52.2 cm³/mol. The van der Waals surface area contributed by atoms with Crippen LogP contribution >= 0.6 is 0 Å². The number of nitrogens with one attached hydrogen (secondary N) is 1. The quantitative estimate of drug-likeness (QED) is 0.629. The van der Waals surface area contributed by atoms with Crippen molar-refractivity contribution in [2.24, 2.45) is 5.73 Å². The van der Waals surface area contributed by atoms with Crippen molar-refractivity contribution in [3.63, 3.8) is 0 Å². The number of rotatable bonds is 3. The minimum Gasteiger partial charge on any atom is -0.330 e. The number of hydrogen-bond donors (Lipinski definition) is 2. The predicted octanol–water partition coefficient (Wildman–Crippen LogP) is 0.0174. The van der Waals surface area contributed by atoms with Gasteiger partial charge in [-0.25, -0.2) is 0 Å². The third-order valence-electron chi connectivity index (χ3n) is 2.54. The van der Waals surface area contributed by atoms with Crippen molar-refractivity contribution < 1.29 is 0 Å². The highest BCUT2D eigenvalue weighted by Gasteiger charge is 2.20. The zero-order valence-electron chi connectivity index (χ0n) is 8.21.